The molecule has 1 amide bonds. The Labute approximate surface area is 107 Å². The molecule has 1 aromatic heterocycles. The highest BCUT2D eigenvalue weighted by molar-refractivity contribution is 5.98. The number of amides is 1. The lowest BCUT2D eigenvalue weighted by Crippen LogP contribution is -2.17. The van der Waals surface area contributed by atoms with Gasteiger partial charge in [-0.15, -0.1) is 0 Å². The standard InChI is InChI=1S/C12H10F2N4O/c1-5-9(11(16)19)10(15)18-12(17-5)6-2-7(13)4-8(14)3-6/h2-4H,1H3,(H2,16,19)(H2,15,17,18). The molecule has 0 spiro atoms. The maximum Gasteiger partial charge on any atom is 0.254 e. The van der Waals surface area contributed by atoms with E-state index in [1.807, 2.05) is 0 Å². The number of aromatic nitrogens is 2. The molecule has 0 aliphatic carbocycles. The Hall–Kier alpha value is -2.57. The number of nitrogens with zero attached hydrogens (tertiary/aromatic N) is 2. The second-order valence-corrected chi connectivity index (χ2v) is 3.92. The van der Waals surface area contributed by atoms with Crippen LogP contribution in [0.4, 0.5) is 14.6 Å². The first kappa shape index (κ1) is 12.9. The highest BCUT2D eigenvalue weighted by atomic mass is 19.1. The molecule has 0 atom stereocenters. The Kier molecular flexibility index (Phi) is 3.12. The van der Waals surface area contributed by atoms with Crippen molar-refractivity contribution >= 4 is 11.7 Å². The second kappa shape index (κ2) is 4.60. The van der Waals surface area contributed by atoms with Gasteiger partial charge in [0.25, 0.3) is 5.91 Å². The molecule has 19 heavy (non-hydrogen) atoms. The summed E-state index contributed by atoms with van der Waals surface area (Å²) in [5.41, 5.74) is 11.1. The van der Waals surface area contributed by atoms with Crippen LogP contribution >= 0.6 is 0 Å². The summed E-state index contributed by atoms with van der Waals surface area (Å²) in [7, 11) is 0. The third-order valence-electron chi connectivity index (χ3n) is 2.49. The van der Waals surface area contributed by atoms with Crippen LogP contribution in [0.3, 0.4) is 0 Å². The molecule has 0 radical (unpaired) electrons. The Balaban J connectivity index is 2.61. The monoisotopic (exact) mass is 264 g/mol. The normalized spacial score (nSPS) is 10.5. The minimum atomic E-state index is -0.757. The number of hydrogen-bond donors (Lipinski definition) is 2. The highest BCUT2D eigenvalue weighted by Crippen LogP contribution is 2.22. The van der Waals surface area contributed by atoms with Crippen LogP contribution in [-0.4, -0.2) is 15.9 Å². The number of anilines is 1. The number of aryl methyl sites for hydroxylation is 1. The number of carbonyl (C=O) groups is 1. The van der Waals surface area contributed by atoms with Crippen LogP contribution < -0.4 is 11.5 Å². The summed E-state index contributed by atoms with van der Waals surface area (Å²) >= 11 is 0. The van der Waals surface area contributed by atoms with Gasteiger partial charge in [0.2, 0.25) is 0 Å². The predicted molar refractivity (Wildman–Crippen MR) is 65.1 cm³/mol. The van der Waals surface area contributed by atoms with E-state index in [1.54, 1.807) is 0 Å². The van der Waals surface area contributed by atoms with E-state index < -0.39 is 17.5 Å². The number of hydrogen-bond acceptors (Lipinski definition) is 4. The average Bonchev–Trinajstić information content (AvgIpc) is 2.25. The zero-order valence-electron chi connectivity index (χ0n) is 9.95. The summed E-state index contributed by atoms with van der Waals surface area (Å²) in [5.74, 6) is -2.37. The molecule has 0 bridgehead atoms. The lowest BCUT2D eigenvalue weighted by Gasteiger charge is -2.08. The fraction of sp³-hybridized carbons (Fsp3) is 0.0833. The van der Waals surface area contributed by atoms with Gasteiger partial charge in [-0.05, 0) is 19.1 Å². The van der Waals surface area contributed by atoms with Crippen molar-refractivity contribution in [1.82, 2.24) is 9.97 Å². The fourth-order valence-corrected chi connectivity index (χ4v) is 1.71. The molecule has 2 rings (SSSR count). The molecule has 1 heterocycles. The van der Waals surface area contributed by atoms with Crippen molar-refractivity contribution in [2.45, 2.75) is 6.92 Å². The van der Waals surface area contributed by atoms with Crippen molar-refractivity contribution < 1.29 is 13.6 Å². The van der Waals surface area contributed by atoms with Crippen LogP contribution in [0.15, 0.2) is 18.2 Å². The van der Waals surface area contributed by atoms with Gasteiger partial charge in [-0.25, -0.2) is 18.7 Å². The Morgan fingerprint density at radius 3 is 2.21 bits per heavy atom. The van der Waals surface area contributed by atoms with Gasteiger partial charge >= 0.3 is 0 Å². The Morgan fingerprint density at radius 2 is 1.74 bits per heavy atom. The van der Waals surface area contributed by atoms with Crippen LogP contribution in [-0.2, 0) is 0 Å². The lowest BCUT2D eigenvalue weighted by molar-refractivity contribution is 0.1000. The second-order valence-electron chi connectivity index (χ2n) is 3.92. The van der Waals surface area contributed by atoms with Crippen molar-refractivity contribution in [3.8, 4) is 11.4 Å². The number of halogens is 2. The zero-order valence-corrected chi connectivity index (χ0v) is 9.95. The number of benzene rings is 1. The van der Waals surface area contributed by atoms with Gasteiger partial charge in [0, 0.05) is 11.6 Å². The third kappa shape index (κ3) is 2.49. The first-order valence-electron chi connectivity index (χ1n) is 5.29. The highest BCUT2D eigenvalue weighted by Gasteiger charge is 2.15. The predicted octanol–water partition coefficient (Wildman–Crippen LogP) is 1.41. The summed E-state index contributed by atoms with van der Waals surface area (Å²) in [5, 5.41) is 0. The van der Waals surface area contributed by atoms with E-state index in [2.05, 4.69) is 9.97 Å². The van der Waals surface area contributed by atoms with Crippen LogP contribution in [0.25, 0.3) is 11.4 Å². The van der Waals surface area contributed by atoms with Crippen LogP contribution in [0.2, 0.25) is 0 Å². The van der Waals surface area contributed by atoms with E-state index in [0.717, 1.165) is 18.2 Å². The summed E-state index contributed by atoms with van der Waals surface area (Å²) in [4.78, 5) is 19.0. The number of nitrogen functional groups attached to an aromatic ring is 1. The molecule has 2 aromatic rings. The summed E-state index contributed by atoms with van der Waals surface area (Å²) in [6, 6.07) is 2.87. The van der Waals surface area contributed by atoms with E-state index in [0.29, 0.717) is 0 Å². The van der Waals surface area contributed by atoms with Crippen molar-refractivity contribution in [1.29, 1.82) is 0 Å². The van der Waals surface area contributed by atoms with Crippen molar-refractivity contribution in [3.05, 3.63) is 41.1 Å². The van der Waals surface area contributed by atoms with E-state index in [9.17, 15) is 13.6 Å². The van der Waals surface area contributed by atoms with E-state index >= 15 is 0 Å². The van der Waals surface area contributed by atoms with Crippen molar-refractivity contribution in [3.63, 3.8) is 0 Å². The van der Waals surface area contributed by atoms with E-state index in [-0.39, 0.29) is 28.5 Å². The van der Waals surface area contributed by atoms with Gasteiger partial charge in [-0.3, -0.25) is 4.79 Å². The van der Waals surface area contributed by atoms with Gasteiger partial charge in [-0.2, -0.15) is 0 Å². The Morgan fingerprint density at radius 1 is 1.16 bits per heavy atom. The molecular formula is C12H10F2N4O. The SMILES string of the molecule is Cc1nc(-c2cc(F)cc(F)c2)nc(N)c1C(N)=O. The average molecular weight is 264 g/mol. The Bertz CT molecular complexity index is 630. The number of rotatable bonds is 2. The van der Waals surface area contributed by atoms with Gasteiger partial charge in [0.15, 0.2) is 5.82 Å². The zero-order chi connectivity index (χ0) is 14.2. The first-order chi connectivity index (χ1) is 8.88. The van der Waals surface area contributed by atoms with Crippen molar-refractivity contribution in [2.24, 2.45) is 5.73 Å². The number of primary amides is 1. The smallest absolute Gasteiger partial charge is 0.254 e. The fourth-order valence-electron chi connectivity index (χ4n) is 1.71. The minimum Gasteiger partial charge on any atom is -0.383 e. The van der Waals surface area contributed by atoms with Gasteiger partial charge in [-0.1, -0.05) is 0 Å². The maximum atomic E-state index is 13.1. The number of carbonyl (C=O) groups excluding carboxylic acids is 1. The summed E-state index contributed by atoms with van der Waals surface area (Å²) in [6.07, 6.45) is 0. The summed E-state index contributed by atoms with van der Waals surface area (Å²) < 4.78 is 26.2. The van der Waals surface area contributed by atoms with Gasteiger partial charge < -0.3 is 11.5 Å². The largest absolute Gasteiger partial charge is 0.383 e. The van der Waals surface area contributed by atoms with E-state index in [4.69, 9.17) is 11.5 Å². The van der Waals surface area contributed by atoms with Crippen LogP contribution in [0.1, 0.15) is 16.1 Å². The molecule has 0 aliphatic heterocycles. The maximum absolute atomic E-state index is 13.1. The molecule has 0 aliphatic rings. The molecule has 7 heteroatoms. The van der Waals surface area contributed by atoms with Gasteiger partial charge in [0.05, 0.1) is 5.69 Å². The molecule has 0 saturated carbocycles. The topological polar surface area (TPSA) is 94.9 Å². The molecule has 4 N–H and O–H groups in total. The van der Waals surface area contributed by atoms with E-state index in [1.165, 1.54) is 6.92 Å². The molecule has 1 aromatic carbocycles. The summed E-state index contributed by atoms with van der Waals surface area (Å²) in [6.45, 7) is 1.51. The third-order valence-corrected chi connectivity index (χ3v) is 2.49. The van der Waals surface area contributed by atoms with Crippen LogP contribution in [0, 0.1) is 18.6 Å². The number of nitrogens with two attached hydrogens (primary N) is 2. The first-order valence-corrected chi connectivity index (χ1v) is 5.29. The molecule has 0 fully saturated rings. The van der Waals surface area contributed by atoms with Crippen molar-refractivity contribution in [2.75, 3.05) is 5.73 Å². The minimum absolute atomic E-state index is 0.000579. The van der Waals surface area contributed by atoms with Crippen LogP contribution in [0.5, 0.6) is 0 Å². The molecule has 0 unspecified atom stereocenters. The van der Waals surface area contributed by atoms with Gasteiger partial charge in [0.1, 0.15) is 23.0 Å². The lowest BCUT2D eigenvalue weighted by atomic mass is 10.1. The molecule has 5 nitrogen and oxygen atoms in total. The molecular weight excluding hydrogens is 254 g/mol. The quantitative estimate of drug-likeness (QED) is 0.857. The molecule has 0 saturated heterocycles. The molecule has 98 valence electrons.